The number of aliphatic hydroxyl groups is 1. The summed E-state index contributed by atoms with van der Waals surface area (Å²) in [4.78, 5) is 0. The summed E-state index contributed by atoms with van der Waals surface area (Å²) in [5, 5.41) is 20.4. The molecule has 0 aliphatic carbocycles. The number of nitrogens with one attached hydrogen (secondary N) is 2. The van der Waals surface area contributed by atoms with Crippen molar-refractivity contribution in [2.24, 2.45) is 0 Å². The minimum absolute atomic E-state index is 0.367. The second-order valence-corrected chi connectivity index (χ2v) is 4.99. The van der Waals surface area contributed by atoms with E-state index >= 15 is 0 Å². The summed E-state index contributed by atoms with van der Waals surface area (Å²) < 4.78 is 5.85. The van der Waals surface area contributed by atoms with E-state index in [2.05, 4.69) is 5.32 Å². The zero-order valence-electron chi connectivity index (χ0n) is 11.8. The first-order valence-corrected chi connectivity index (χ1v) is 5.96. The zero-order chi connectivity index (χ0) is 13.7. The van der Waals surface area contributed by atoms with E-state index in [1.165, 1.54) is 6.21 Å². The largest absolute Gasteiger partial charge is 0.425 e. The van der Waals surface area contributed by atoms with Crippen molar-refractivity contribution in [3.05, 3.63) is 11.2 Å². The summed E-state index contributed by atoms with van der Waals surface area (Å²) in [7, 11) is 2.17. The molecule has 0 heterocycles. The molecule has 4 nitrogen and oxygen atoms in total. The topological polar surface area (TPSA) is 65.3 Å². The molecule has 0 rings (SSSR count). The number of allylic oxidation sites excluding steroid dienone is 1. The van der Waals surface area contributed by atoms with Gasteiger partial charge in [-0.25, -0.2) is 0 Å². The van der Waals surface area contributed by atoms with Gasteiger partial charge in [-0.3, -0.25) is 0 Å². The van der Waals surface area contributed by atoms with E-state index in [1.54, 1.807) is 20.9 Å². The highest BCUT2D eigenvalue weighted by Gasteiger charge is 2.38. The quantitative estimate of drug-likeness (QED) is 0.465. The molecule has 0 aromatic carbocycles. The van der Waals surface area contributed by atoms with Crippen molar-refractivity contribution < 1.29 is 9.76 Å². The van der Waals surface area contributed by atoms with Crippen LogP contribution in [0.5, 0.6) is 0 Å². The SMILES string of the molecule is CCC(C)(OB/C(NC)=C(\C)C=N)C(C)(C)O. The molecule has 3 N–H and O–H groups in total. The van der Waals surface area contributed by atoms with Crippen LogP contribution in [0.3, 0.4) is 0 Å². The molecule has 0 spiro atoms. The van der Waals surface area contributed by atoms with Gasteiger partial charge in [0, 0.05) is 18.9 Å². The molecule has 0 aromatic rings. The molecular weight excluding hydrogens is 215 g/mol. The molecule has 0 aliphatic rings. The molecule has 0 fully saturated rings. The van der Waals surface area contributed by atoms with Gasteiger partial charge in [-0.15, -0.1) is 0 Å². The van der Waals surface area contributed by atoms with Crippen LogP contribution in [0.4, 0.5) is 0 Å². The van der Waals surface area contributed by atoms with Crippen molar-refractivity contribution in [2.75, 3.05) is 7.05 Å². The van der Waals surface area contributed by atoms with Crippen molar-refractivity contribution in [3.8, 4) is 0 Å². The van der Waals surface area contributed by atoms with Gasteiger partial charge in [-0.1, -0.05) is 6.92 Å². The summed E-state index contributed by atoms with van der Waals surface area (Å²) in [6, 6.07) is 0. The number of hydrogen-bond donors (Lipinski definition) is 3. The highest BCUT2D eigenvalue weighted by Crippen LogP contribution is 2.28. The van der Waals surface area contributed by atoms with Gasteiger partial charge in [0.15, 0.2) is 0 Å². The molecule has 17 heavy (non-hydrogen) atoms. The Balaban J connectivity index is 4.80. The summed E-state index contributed by atoms with van der Waals surface area (Å²) in [6.07, 6.45) is 2.01. The first kappa shape index (κ1) is 16.2. The van der Waals surface area contributed by atoms with Gasteiger partial charge in [0.25, 0.3) is 0 Å². The Morgan fingerprint density at radius 3 is 2.29 bits per heavy atom. The van der Waals surface area contributed by atoms with E-state index in [-0.39, 0.29) is 0 Å². The fourth-order valence-corrected chi connectivity index (χ4v) is 1.41. The molecule has 98 valence electrons. The van der Waals surface area contributed by atoms with Gasteiger partial charge in [0.1, 0.15) is 0 Å². The molecular formula is C12H25BN2O2. The molecule has 0 amide bonds. The minimum atomic E-state index is -0.904. The first-order chi connectivity index (χ1) is 7.71. The maximum atomic E-state index is 10.1. The molecule has 0 aliphatic heterocycles. The van der Waals surface area contributed by atoms with Crippen LogP contribution in [0, 0.1) is 5.41 Å². The predicted molar refractivity (Wildman–Crippen MR) is 73.8 cm³/mol. The molecule has 5 heteroatoms. The lowest BCUT2D eigenvalue weighted by atomic mass is 9.81. The normalized spacial score (nSPS) is 16.9. The van der Waals surface area contributed by atoms with Gasteiger partial charge in [0.05, 0.1) is 11.2 Å². The van der Waals surface area contributed by atoms with Crippen molar-refractivity contribution in [1.82, 2.24) is 5.32 Å². The highest BCUT2D eigenvalue weighted by molar-refractivity contribution is 6.39. The van der Waals surface area contributed by atoms with Crippen molar-refractivity contribution in [1.29, 1.82) is 5.41 Å². The Morgan fingerprint density at radius 1 is 1.47 bits per heavy atom. The molecule has 0 aromatic heterocycles. The third kappa shape index (κ3) is 4.17. The Hall–Kier alpha value is -0.805. The Morgan fingerprint density at radius 2 is 2.00 bits per heavy atom. The highest BCUT2D eigenvalue weighted by atomic mass is 16.5. The predicted octanol–water partition coefficient (Wildman–Crippen LogP) is 1.39. The summed E-state index contributed by atoms with van der Waals surface area (Å²) in [5.74, 6) is 0. The Bertz CT molecular complexity index is 297. The van der Waals surface area contributed by atoms with E-state index in [9.17, 15) is 5.11 Å². The van der Waals surface area contributed by atoms with Crippen LogP contribution in [-0.4, -0.2) is 37.1 Å². The fourth-order valence-electron chi connectivity index (χ4n) is 1.41. The van der Waals surface area contributed by atoms with Gasteiger partial charge < -0.3 is 20.5 Å². The van der Waals surface area contributed by atoms with E-state index in [0.29, 0.717) is 7.48 Å². The first-order valence-electron chi connectivity index (χ1n) is 5.96. The van der Waals surface area contributed by atoms with Crippen molar-refractivity contribution in [3.63, 3.8) is 0 Å². The monoisotopic (exact) mass is 240 g/mol. The van der Waals surface area contributed by atoms with Gasteiger partial charge in [0.2, 0.25) is 0 Å². The van der Waals surface area contributed by atoms with Crippen LogP contribution >= 0.6 is 0 Å². The standard InChI is InChI=1S/C12H25BN2O2/c1-7-12(5,11(3,4)16)17-13-10(15-6)9(2)8-14/h8,13-16H,7H2,1-6H3/b10-9-,14-8?. The third-order valence-corrected chi connectivity index (χ3v) is 3.50. The van der Waals surface area contributed by atoms with Crippen molar-refractivity contribution in [2.45, 2.75) is 52.2 Å². The molecule has 0 bridgehead atoms. The lowest BCUT2D eigenvalue weighted by Crippen LogP contribution is -2.50. The minimum Gasteiger partial charge on any atom is -0.425 e. The smallest absolute Gasteiger partial charge is 0.325 e. The zero-order valence-corrected chi connectivity index (χ0v) is 11.8. The maximum absolute atomic E-state index is 10.1. The lowest BCUT2D eigenvalue weighted by Gasteiger charge is -2.40. The third-order valence-electron chi connectivity index (χ3n) is 3.50. The fraction of sp³-hybridized carbons (Fsp3) is 0.750. The summed E-state index contributed by atoms with van der Waals surface area (Å²) >= 11 is 0. The molecule has 0 radical (unpaired) electrons. The van der Waals surface area contributed by atoms with Gasteiger partial charge >= 0.3 is 7.48 Å². The van der Waals surface area contributed by atoms with Crippen LogP contribution in [0.15, 0.2) is 11.2 Å². The molecule has 1 unspecified atom stereocenters. The number of rotatable bonds is 7. The second kappa shape index (κ2) is 6.22. The van der Waals surface area contributed by atoms with E-state index in [4.69, 9.17) is 10.1 Å². The van der Waals surface area contributed by atoms with Crippen LogP contribution in [0.25, 0.3) is 0 Å². The molecule has 0 saturated heterocycles. The average Bonchev–Trinajstić information content (AvgIpc) is 2.27. The Labute approximate surface area is 105 Å². The Kier molecular flexibility index (Phi) is 5.92. The molecule has 0 saturated carbocycles. The lowest BCUT2D eigenvalue weighted by molar-refractivity contribution is -0.103. The van der Waals surface area contributed by atoms with Crippen LogP contribution in [-0.2, 0) is 4.65 Å². The van der Waals surface area contributed by atoms with E-state index in [1.807, 2.05) is 20.8 Å². The van der Waals surface area contributed by atoms with Crippen LogP contribution in [0.1, 0.15) is 41.0 Å². The number of hydrogen-bond acceptors (Lipinski definition) is 4. The van der Waals surface area contributed by atoms with E-state index < -0.39 is 11.2 Å². The van der Waals surface area contributed by atoms with Gasteiger partial charge in [-0.2, -0.15) is 0 Å². The second-order valence-electron chi connectivity index (χ2n) is 4.99. The van der Waals surface area contributed by atoms with Gasteiger partial charge in [-0.05, 0) is 39.7 Å². The van der Waals surface area contributed by atoms with Crippen LogP contribution in [0.2, 0.25) is 0 Å². The van der Waals surface area contributed by atoms with Crippen LogP contribution < -0.4 is 5.32 Å². The summed E-state index contributed by atoms with van der Waals surface area (Å²) in [5.41, 5.74) is 0.196. The average molecular weight is 240 g/mol. The molecule has 1 atom stereocenters. The maximum Gasteiger partial charge on any atom is 0.325 e. The van der Waals surface area contributed by atoms with E-state index in [0.717, 1.165) is 17.6 Å². The summed E-state index contributed by atoms with van der Waals surface area (Å²) in [6.45, 7) is 9.26. The van der Waals surface area contributed by atoms with Crippen molar-refractivity contribution >= 4 is 13.7 Å².